The highest BCUT2D eigenvalue weighted by molar-refractivity contribution is 9.10. The van der Waals surface area contributed by atoms with E-state index >= 15 is 0 Å². The largest absolute Gasteiger partial charge is 0.309 e. The molecule has 13 heavy (non-hydrogen) atoms. The lowest BCUT2D eigenvalue weighted by molar-refractivity contribution is 0.627. The molecule has 1 atom stereocenters. The highest BCUT2D eigenvalue weighted by atomic mass is 79.9. The average molecular weight is 241 g/mol. The van der Waals surface area contributed by atoms with Gasteiger partial charge in [-0.3, -0.25) is 4.98 Å². The van der Waals surface area contributed by atoms with E-state index in [4.69, 9.17) is 0 Å². The Morgan fingerprint density at radius 2 is 2.46 bits per heavy atom. The Labute approximate surface area is 86.9 Å². The topological polar surface area (TPSA) is 24.9 Å². The Morgan fingerprint density at radius 3 is 3.08 bits per heavy atom. The first kappa shape index (κ1) is 9.16. The van der Waals surface area contributed by atoms with Crippen LogP contribution in [0.2, 0.25) is 0 Å². The van der Waals surface area contributed by atoms with Crippen molar-refractivity contribution >= 4 is 15.9 Å². The molecule has 0 radical (unpaired) electrons. The average Bonchev–Trinajstić information content (AvgIpc) is 2.62. The van der Waals surface area contributed by atoms with E-state index in [1.165, 1.54) is 24.1 Å². The summed E-state index contributed by atoms with van der Waals surface area (Å²) in [6, 6.07) is 2.64. The summed E-state index contributed by atoms with van der Waals surface area (Å²) in [5, 5.41) is 3.44. The number of hydrogen-bond acceptors (Lipinski definition) is 2. The zero-order chi connectivity index (χ0) is 9.26. The van der Waals surface area contributed by atoms with E-state index in [9.17, 15) is 0 Å². The van der Waals surface area contributed by atoms with Crippen molar-refractivity contribution in [1.29, 1.82) is 0 Å². The van der Waals surface area contributed by atoms with Crippen LogP contribution >= 0.6 is 15.9 Å². The number of rotatable bonds is 1. The third kappa shape index (κ3) is 1.92. The molecule has 1 aliphatic rings. The zero-order valence-corrected chi connectivity index (χ0v) is 9.26. The van der Waals surface area contributed by atoms with E-state index in [2.05, 4.69) is 39.2 Å². The molecule has 2 nitrogen and oxygen atoms in total. The van der Waals surface area contributed by atoms with E-state index < -0.39 is 0 Å². The van der Waals surface area contributed by atoms with Crippen molar-refractivity contribution in [2.45, 2.75) is 25.8 Å². The van der Waals surface area contributed by atoms with Gasteiger partial charge < -0.3 is 5.32 Å². The molecule has 1 fully saturated rings. The van der Waals surface area contributed by atoms with Crippen LogP contribution in [0.1, 0.15) is 30.1 Å². The predicted molar refractivity (Wildman–Crippen MR) is 56.7 cm³/mol. The Balaban J connectivity index is 2.25. The summed E-state index contributed by atoms with van der Waals surface area (Å²) in [4.78, 5) is 4.41. The van der Waals surface area contributed by atoms with Gasteiger partial charge in [-0.25, -0.2) is 0 Å². The van der Waals surface area contributed by atoms with Crippen molar-refractivity contribution in [3.05, 3.63) is 28.0 Å². The van der Waals surface area contributed by atoms with Crippen molar-refractivity contribution in [2.24, 2.45) is 0 Å². The molecule has 1 aromatic rings. The third-order valence-electron chi connectivity index (χ3n) is 2.49. The summed E-state index contributed by atoms with van der Waals surface area (Å²) in [7, 11) is 0. The lowest BCUT2D eigenvalue weighted by atomic mass is 10.1. The molecule has 0 bridgehead atoms. The molecule has 0 aliphatic carbocycles. The summed E-state index contributed by atoms with van der Waals surface area (Å²) in [6.45, 7) is 3.23. The van der Waals surface area contributed by atoms with Gasteiger partial charge in [0, 0.05) is 16.7 Å². The fourth-order valence-corrected chi connectivity index (χ4v) is 1.91. The highest BCUT2D eigenvalue weighted by Gasteiger charge is 2.17. The Morgan fingerprint density at radius 1 is 1.62 bits per heavy atom. The molecule has 0 spiro atoms. The Kier molecular flexibility index (Phi) is 2.65. The molecule has 2 heterocycles. The van der Waals surface area contributed by atoms with Gasteiger partial charge in [0.2, 0.25) is 0 Å². The van der Waals surface area contributed by atoms with Crippen LogP contribution in [-0.2, 0) is 0 Å². The molecule has 1 N–H and O–H groups in total. The maximum Gasteiger partial charge on any atom is 0.0576 e. The van der Waals surface area contributed by atoms with Gasteiger partial charge in [0.15, 0.2) is 0 Å². The minimum Gasteiger partial charge on any atom is -0.309 e. The first-order valence-electron chi connectivity index (χ1n) is 4.63. The number of aromatic nitrogens is 1. The van der Waals surface area contributed by atoms with Gasteiger partial charge in [0.25, 0.3) is 0 Å². The van der Waals surface area contributed by atoms with E-state index in [-0.39, 0.29) is 0 Å². The van der Waals surface area contributed by atoms with Crippen molar-refractivity contribution in [1.82, 2.24) is 10.3 Å². The second-order valence-corrected chi connectivity index (χ2v) is 4.36. The standard InChI is InChI=1S/C10H13BrN2/c1-7-5-10(13-6-8(7)11)9-3-2-4-12-9/h5-6,9,12H,2-4H2,1H3. The van der Waals surface area contributed by atoms with Gasteiger partial charge in [-0.05, 0) is 53.9 Å². The number of nitrogens with zero attached hydrogens (tertiary/aromatic N) is 1. The van der Waals surface area contributed by atoms with Crippen molar-refractivity contribution in [3.8, 4) is 0 Å². The molecule has 3 heteroatoms. The van der Waals surface area contributed by atoms with Crippen molar-refractivity contribution < 1.29 is 0 Å². The van der Waals surface area contributed by atoms with E-state index in [0.29, 0.717) is 6.04 Å². The highest BCUT2D eigenvalue weighted by Crippen LogP contribution is 2.24. The number of nitrogens with one attached hydrogen (secondary N) is 1. The van der Waals surface area contributed by atoms with Crippen LogP contribution in [0.5, 0.6) is 0 Å². The molecule has 0 amide bonds. The molecular weight excluding hydrogens is 228 g/mol. The van der Waals surface area contributed by atoms with Gasteiger partial charge in [-0.1, -0.05) is 0 Å². The van der Waals surface area contributed by atoms with Gasteiger partial charge in [-0.15, -0.1) is 0 Å². The maximum atomic E-state index is 4.41. The second kappa shape index (κ2) is 3.76. The first-order valence-corrected chi connectivity index (χ1v) is 5.42. The first-order chi connectivity index (χ1) is 6.27. The van der Waals surface area contributed by atoms with Crippen LogP contribution < -0.4 is 5.32 Å². The quantitative estimate of drug-likeness (QED) is 0.817. The SMILES string of the molecule is Cc1cc(C2CCCN2)ncc1Br. The lowest BCUT2D eigenvalue weighted by Gasteiger charge is -2.10. The van der Waals surface area contributed by atoms with Crippen LogP contribution in [0, 0.1) is 6.92 Å². The molecule has 1 aliphatic heterocycles. The summed E-state index contributed by atoms with van der Waals surface area (Å²) in [5.74, 6) is 0. The van der Waals surface area contributed by atoms with Crippen LogP contribution in [0.4, 0.5) is 0 Å². The van der Waals surface area contributed by atoms with E-state index in [1.807, 2.05) is 6.20 Å². The lowest BCUT2D eigenvalue weighted by Crippen LogP contribution is -2.14. The fraction of sp³-hybridized carbons (Fsp3) is 0.500. The van der Waals surface area contributed by atoms with Gasteiger partial charge in [-0.2, -0.15) is 0 Å². The molecule has 0 saturated carbocycles. The number of hydrogen-bond donors (Lipinski definition) is 1. The summed E-state index contributed by atoms with van der Waals surface area (Å²) >= 11 is 3.46. The molecule has 2 rings (SSSR count). The van der Waals surface area contributed by atoms with Crippen LogP contribution in [0.15, 0.2) is 16.7 Å². The molecule has 1 saturated heterocycles. The third-order valence-corrected chi connectivity index (χ3v) is 3.32. The summed E-state index contributed by atoms with van der Waals surface area (Å²) in [5.41, 5.74) is 2.44. The number of pyridine rings is 1. The van der Waals surface area contributed by atoms with Crippen molar-refractivity contribution in [3.63, 3.8) is 0 Å². The van der Waals surface area contributed by atoms with Crippen LogP contribution in [-0.4, -0.2) is 11.5 Å². The van der Waals surface area contributed by atoms with E-state index in [1.54, 1.807) is 0 Å². The molecule has 70 valence electrons. The summed E-state index contributed by atoms with van der Waals surface area (Å²) < 4.78 is 1.09. The molecular formula is C10H13BrN2. The molecule has 1 aromatic heterocycles. The van der Waals surface area contributed by atoms with Gasteiger partial charge in [0.05, 0.1) is 5.69 Å². The molecule has 0 aromatic carbocycles. The van der Waals surface area contributed by atoms with Crippen LogP contribution in [0.25, 0.3) is 0 Å². The monoisotopic (exact) mass is 240 g/mol. The van der Waals surface area contributed by atoms with Crippen LogP contribution in [0.3, 0.4) is 0 Å². The van der Waals surface area contributed by atoms with E-state index in [0.717, 1.165) is 11.0 Å². The smallest absolute Gasteiger partial charge is 0.0576 e. The predicted octanol–water partition coefficient (Wildman–Crippen LogP) is 2.58. The minimum absolute atomic E-state index is 0.479. The van der Waals surface area contributed by atoms with Crippen molar-refractivity contribution in [2.75, 3.05) is 6.54 Å². The second-order valence-electron chi connectivity index (χ2n) is 3.51. The van der Waals surface area contributed by atoms with Gasteiger partial charge in [0.1, 0.15) is 0 Å². The molecule has 1 unspecified atom stereocenters. The number of aryl methyl sites for hydroxylation is 1. The summed E-state index contributed by atoms with van der Waals surface area (Å²) in [6.07, 6.45) is 4.38. The maximum absolute atomic E-state index is 4.41. The normalized spacial score (nSPS) is 22.2. The minimum atomic E-state index is 0.479. The fourth-order valence-electron chi connectivity index (χ4n) is 1.69. The Hall–Kier alpha value is -0.410. The Bertz CT molecular complexity index is 306. The number of halogens is 1. The van der Waals surface area contributed by atoms with Gasteiger partial charge >= 0.3 is 0 Å². The zero-order valence-electron chi connectivity index (χ0n) is 7.68.